The van der Waals surface area contributed by atoms with E-state index in [1.165, 1.54) is 36.5 Å². The molecule has 0 aliphatic carbocycles. The van der Waals surface area contributed by atoms with Gasteiger partial charge in [0, 0.05) is 11.9 Å². The third kappa shape index (κ3) is 4.27. The minimum Gasteiger partial charge on any atom is -0.435 e. The van der Waals surface area contributed by atoms with Crippen molar-refractivity contribution < 1.29 is 18.3 Å². The zero-order valence-corrected chi connectivity index (χ0v) is 11.8. The van der Waals surface area contributed by atoms with E-state index in [0.717, 1.165) is 0 Å². The van der Waals surface area contributed by atoms with Gasteiger partial charge in [0.25, 0.3) is 5.91 Å². The summed E-state index contributed by atoms with van der Waals surface area (Å²) in [6.07, 6.45) is 1.28. The van der Waals surface area contributed by atoms with Gasteiger partial charge in [-0.3, -0.25) is 4.79 Å². The first-order valence-electron chi connectivity index (χ1n) is 5.63. The number of pyridine rings is 1. The van der Waals surface area contributed by atoms with Crippen molar-refractivity contribution in [3.05, 3.63) is 52.3 Å². The molecule has 0 saturated heterocycles. The third-order valence-corrected chi connectivity index (χ3v) is 3.08. The summed E-state index contributed by atoms with van der Waals surface area (Å²) in [7, 11) is 0. The summed E-state index contributed by atoms with van der Waals surface area (Å²) in [6.45, 7) is -2.90. The second kappa shape index (κ2) is 6.69. The van der Waals surface area contributed by atoms with Gasteiger partial charge in [0.15, 0.2) is 0 Å². The van der Waals surface area contributed by atoms with Crippen LogP contribution in [-0.2, 0) is 0 Å². The molecule has 1 N–H and O–H groups in total. The fraction of sp³-hybridized carbons (Fsp3) is 0.0769. The summed E-state index contributed by atoms with van der Waals surface area (Å²) in [5.74, 6) is -0.456. The quantitative estimate of drug-likeness (QED) is 0.852. The van der Waals surface area contributed by atoms with Gasteiger partial charge in [-0.15, -0.1) is 0 Å². The number of nitrogens with zero attached hydrogens (tertiary/aromatic N) is 1. The predicted octanol–water partition coefficient (Wildman–Crippen LogP) is 4.24. The number of amides is 1. The van der Waals surface area contributed by atoms with Crippen LogP contribution in [0.25, 0.3) is 0 Å². The molecule has 8 heteroatoms. The molecule has 1 heterocycles. The molecule has 4 nitrogen and oxygen atoms in total. The molecule has 0 saturated carbocycles. The maximum absolute atomic E-state index is 12.0. The van der Waals surface area contributed by atoms with Crippen molar-refractivity contribution in [3.8, 4) is 5.75 Å². The van der Waals surface area contributed by atoms with Gasteiger partial charge in [0.2, 0.25) is 0 Å². The fourth-order valence-corrected chi connectivity index (χ4v) is 1.74. The van der Waals surface area contributed by atoms with Crippen LogP contribution in [0.15, 0.2) is 36.5 Å². The number of benzene rings is 1. The van der Waals surface area contributed by atoms with Crippen LogP contribution in [0.5, 0.6) is 5.75 Å². The normalized spacial score (nSPS) is 10.5. The van der Waals surface area contributed by atoms with Crippen LogP contribution in [-0.4, -0.2) is 17.5 Å². The predicted molar refractivity (Wildman–Crippen MR) is 75.3 cm³/mol. The largest absolute Gasteiger partial charge is 0.435 e. The van der Waals surface area contributed by atoms with Crippen LogP contribution in [0, 0.1) is 0 Å². The maximum atomic E-state index is 12.0. The highest BCUT2D eigenvalue weighted by Crippen LogP contribution is 2.21. The Balaban J connectivity index is 2.06. The molecule has 0 radical (unpaired) electrons. The Bertz CT molecular complexity index is 651. The van der Waals surface area contributed by atoms with Gasteiger partial charge >= 0.3 is 6.61 Å². The van der Waals surface area contributed by atoms with Crippen LogP contribution >= 0.6 is 23.2 Å². The molecule has 110 valence electrons. The van der Waals surface area contributed by atoms with Crippen LogP contribution in [0.1, 0.15) is 10.4 Å². The van der Waals surface area contributed by atoms with E-state index in [4.69, 9.17) is 23.2 Å². The summed E-state index contributed by atoms with van der Waals surface area (Å²) in [6, 6.07) is 6.87. The Hall–Kier alpha value is -1.92. The minimum atomic E-state index is -2.90. The standard InChI is InChI=1S/C13H8Cl2F2N2O2/c14-10-5-7(6-18-11(10)15)12(20)19-8-1-3-9(4-2-8)21-13(16)17/h1-6,13H,(H,19,20). The van der Waals surface area contributed by atoms with Gasteiger partial charge < -0.3 is 10.1 Å². The van der Waals surface area contributed by atoms with E-state index in [-0.39, 0.29) is 21.5 Å². The molecule has 0 spiro atoms. The number of carbonyl (C=O) groups excluding carboxylic acids is 1. The van der Waals surface area contributed by atoms with E-state index in [0.29, 0.717) is 5.69 Å². The fourth-order valence-electron chi connectivity index (χ4n) is 1.47. The molecule has 0 bridgehead atoms. The number of carbonyl (C=O) groups is 1. The first kappa shape index (κ1) is 15.5. The number of hydrogen-bond acceptors (Lipinski definition) is 3. The summed E-state index contributed by atoms with van der Waals surface area (Å²) in [4.78, 5) is 15.7. The van der Waals surface area contributed by atoms with Crippen molar-refractivity contribution >= 4 is 34.8 Å². The van der Waals surface area contributed by atoms with Crippen molar-refractivity contribution in [1.29, 1.82) is 0 Å². The van der Waals surface area contributed by atoms with Gasteiger partial charge in [-0.05, 0) is 30.3 Å². The average Bonchev–Trinajstić information content (AvgIpc) is 2.43. The number of hydrogen-bond donors (Lipinski definition) is 1. The van der Waals surface area contributed by atoms with Crippen LogP contribution in [0.2, 0.25) is 10.2 Å². The van der Waals surface area contributed by atoms with Crippen molar-refractivity contribution in [2.24, 2.45) is 0 Å². The monoisotopic (exact) mass is 332 g/mol. The van der Waals surface area contributed by atoms with E-state index < -0.39 is 12.5 Å². The summed E-state index contributed by atoms with van der Waals surface area (Å²) >= 11 is 11.4. The molecule has 0 atom stereocenters. The molecular weight excluding hydrogens is 325 g/mol. The van der Waals surface area contributed by atoms with Gasteiger partial charge in [-0.1, -0.05) is 23.2 Å². The molecule has 0 unspecified atom stereocenters. The molecule has 1 aromatic heterocycles. The number of aromatic nitrogens is 1. The Kier molecular flexibility index (Phi) is 4.93. The zero-order valence-electron chi connectivity index (χ0n) is 10.3. The van der Waals surface area contributed by atoms with Crippen molar-refractivity contribution in [3.63, 3.8) is 0 Å². The minimum absolute atomic E-state index is 0.000738. The number of nitrogens with one attached hydrogen (secondary N) is 1. The van der Waals surface area contributed by atoms with E-state index >= 15 is 0 Å². The highest BCUT2D eigenvalue weighted by molar-refractivity contribution is 6.41. The molecule has 1 amide bonds. The second-order valence-corrected chi connectivity index (χ2v) is 4.62. The highest BCUT2D eigenvalue weighted by Gasteiger charge is 2.10. The summed E-state index contributed by atoms with van der Waals surface area (Å²) in [5.41, 5.74) is 0.630. The number of anilines is 1. The van der Waals surface area contributed by atoms with E-state index in [2.05, 4.69) is 15.0 Å². The Morgan fingerprint density at radius 2 is 1.90 bits per heavy atom. The van der Waals surface area contributed by atoms with Gasteiger partial charge in [0.1, 0.15) is 10.9 Å². The number of alkyl halides is 2. The summed E-state index contributed by atoms with van der Waals surface area (Å²) in [5, 5.41) is 2.82. The lowest BCUT2D eigenvalue weighted by Crippen LogP contribution is -2.12. The lowest BCUT2D eigenvalue weighted by Gasteiger charge is -2.07. The number of halogens is 4. The van der Waals surface area contributed by atoms with E-state index in [9.17, 15) is 13.6 Å². The molecule has 2 aromatic rings. The Morgan fingerprint density at radius 3 is 2.48 bits per heavy atom. The van der Waals surface area contributed by atoms with Crippen LogP contribution in [0.4, 0.5) is 14.5 Å². The lowest BCUT2D eigenvalue weighted by atomic mass is 10.2. The van der Waals surface area contributed by atoms with Crippen LogP contribution in [0.3, 0.4) is 0 Å². The molecule has 1 aromatic carbocycles. The second-order valence-electron chi connectivity index (χ2n) is 3.85. The topological polar surface area (TPSA) is 51.2 Å². The van der Waals surface area contributed by atoms with E-state index in [1.54, 1.807) is 0 Å². The SMILES string of the molecule is O=C(Nc1ccc(OC(F)F)cc1)c1cnc(Cl)c(Cl)c1. The van der Waals surface area contributed by atoms with E-state index in [1.807, 2.05) is 0 Å². The smallest absolute Gasteiger partial charge is 0.387 e. The van der Waals surface area contributed by atoms with Gasteiger partial charge in [-0.2, -0.15) is 8.78 Å². The highest BCUT2D eigenvalue weighted by atomic mass is 35.5. The van der Waals surface area contributed by atoms with Crippen molar-refractivity contribution in [2.45, 2.75) is 6.61 Å². The average molecular weight is 333 g/mol. The molecular formula is C13H8Cl2F2N2O2. The van der Waals surface area contributed by atoms with Crippen LogP contribution < -0.4 is 10.1 Å². The molecule has 2 rings (SSSR count). The number of ether oxygens (including phenoxy) is 1. The maximum Gasteiger partial charge on any atom is 0.387 e. The summed E-state index contributed by atoms with van der Waals surface area (Å²) < 4.78 is 28.2. The third-order valence-electron chi connectivity index (χ3n) is 2.40. The molecule has 0 aliphatic heterocycles. The molecule has 21 heavy (non-hydrogen) atoms. The number of rotatable bonds is 4. The van der Waals surface area contributed by atoms with Gasteiger partial charge in [-0.25, -0.2) is 4.98 Å². The Morgan fingerprint density at radius 1 is 1.24 bits per heavy atom. The lowest BCUT2D eigenvalue weighted by molar-refractivity contribution is -0.0498. The zero-order chi connectivity index (χ0) is 15.4. The first-order valence-corrected chi connectivity index (χ1v) is 6.38. The van der Waals surface area contributed by atoms with Crippen molar-refractivity contribution in [1.82, 2.24) is 4.98 Å². The van der Waals surface area contributed by atoms with Crippen molar-refractivity contribution in [2.75, 3.05) is 5.32 Å². The molecule has 0 aliphatic rings. The first-order chi connectivity index (χ1) is 9.95. The van der Waals surface area contributed by atoms with Gasteiger partial charge in [0.05, 0.1) is 10.6 Å². The molecule has 0 fully saturated rings. The Labute approximate surface area is 128 Å².